The third-order valence-electron chi connectivity index (χ3n) is 3.30. The average molecular weight is 453 g/mol. The van der Waals surface area contributed by atoms with Gasteiger partial charge >= 0.3 is 29.2 Å². The van der Waals surface area contributed by atoms with Crippen molar-refractivity contribution in [2.24, 2.45) is 0 Å². The number of ether oxygens (including phenoxy) is 1. The molecule has 0 aromatic carbocycles. The van der Waals surface area contributed by atoms with Gasteiger partial charge in [-0.25, -0.2) is 13.2 Å². The number of sulfonamides is 1. The molecule has 0 aliphatic heterocycles. The summed E-state index contributed by atoms with van der Waals surface area (Å²) in [4.78, 5) is 11.0. The van der Waals surface area contributed by atoms with Gasteiger partial charge in [0.05, 0.1) is 6.61 Å². The minimum Gasteiger partial charge on any atom is -0.462 e. The molecular weight excluding hydrogens is 437 g/mol. The van der Waals surface area contributed by atoms with Crippen LogP contribution in [-0.2, 0) is 19.6 Å². The lowest BCUT2D eigenvalue weighted by Crippen LogP contribution is -2.65. The molecule has 15 heteroatoms. The smallest absolute Gasteiger partial charge is 0.460 e. The van der Waals surface area contributed by atoms with E-state index in [4.69, 9.17) is 0 Å². The molecule has 0 radical (unpaired) electrons. The third kappa shape index (κ3) is 4.90. The molecule has 28 heavy (non-hydrogen) atoms. The van der Waals surface area contributed by atoms with Gasteiger partial charge in [0.15, 0.2) is 0 Å². The summed E-state index contributed by atoms with van der Waals surface area (Å²) in [6.07, 6.45) is -7.64. The van der Waals surface area contributed by atoms with Crippen molar-refractivity contribution < 1.29 is 57.5 Å². The highest BCUT2D eigenvalue weighted by molar-refractivity contribution is 7.90. The van der Waals surface area contributed by atoms with Crippen LogP contribution < -0.4 is 0 Å². The Kier molecular flexibility index (Phi) is 8.01. The fraction of sp³-hybridized carbons (Fsp3) is 0.769. The number of halogens is 9. The number of hydrogen-bond donors (Lipinski definition) is 0. The molecule has 0 N–H and O–H groups in total. The summed E-state index contributed by atoms with van der Waals surface area (Å²) in [5.74, 6) is -15.4. The van der Waals surface area contributed by atoms with E-state index in [1.165, 1.54) is 6.92 Å². The van der Waals surface area contributed by atoms with Crippen LogP contribution in [0.1, 0.15) is 19.8 Å². The summed E-state index contributed by atoms with van der Waals surface area (Å²) < 4.78 is 143. The van der Waals surface area contributed by atoms with E-state index in [2.05, 4.69) is 11.3 Å². The normalized spacial score (nSPS) is 14.3. The van der Waals surface area contributed by atoms with Crippen molar-refractivity contribution in [3.63, 3.8) is 0 Å². The van der Waals surface area contributed by atoms with Crippen molar-refractivity contribution in [3.05, 3.63) is 12.2 Å². The van der Waals surface area contributed by atoms with E-state index in [0.717, 1.165) is 0 Å². The van der Waals surface area contributed by atoms with Gasteiger partial charge in [-0.2, -0.15) is 43.8 Å². The van der Waals surface area contributed by atoms with Crippen LogP contribution >= 0.6 is 0 Å². The molecule has 0 saturated carbocycles. The Morgan fingerprint density at radius 3 is 1.82 bits per heavy atom. The fourth-order valence-electron chi connectivity index (χ4n) is 1.56. The molecule has 0 aromatic heterocycles. The van der Waals surface area contributed by atoms with Gasteiger partial charge in [0.2, 0.25) is 0 Å². The van der Waals surface area contributed by atoms with E-state index in [1.807, 2.05) is 0 Å². The lowest BCUT2D eigenvalue weighted by molar-refractivity contribution is -0.382. The Morgan fingerprint density at radius 2 is 1.43 bits per heavy atom. The molecule has 0 saturated heterocycles. The van der Waals surface area contributed by atoms with Gasteiger partial charge in [-0.1, -0.05) is 6.58 Å². The van der Waals surface area contributed by atoms with Crippen LogP contribution in [0, 0.1) is 0 Å². The number of carbonyl (C=O) groups excluding carboxylic acids is 1. The SMILES string of the molecule is C=C(C)C(=O)OCCCCN(C)S(=O)(=O)C(F)(F)C(F)(F)C(F)(F)C(F)(F)F. The predicted octanol–water partition coefficient (Wildman–Crippen LogP) is 3.57. The maximum absolute atomic E-state index is 13.6. The third-order valence-corrected chi connectivity index (χ3v) is 5.21. The van der Waals surface area contributed by atoms with E-state index >= 15 is 0 Å². The quantitative estimate of drug-likeness (QED) is 0.220. The predicted molar refractivity (Wildman–Crippen MR) is 77.5 cm³/mol. The van der Waals surface area contributed by atoms with Crippen molar-refractivity contribution in [2.45, 2.75) is 43.0 Å². The maximum atomic E-state index is 13.6. The van der Waals surface area contributed by atoms with Crippen LogP contribution in [0.3, 0.4) is 0 Å². The summed E-state index contributed by atoms with van der Waals surface area (Å²) in [6, 6.07) is 0. The highest BCUT2D eigenvalue weighted by atomic mass is 32.2. The van der Waals surface area contributed by atoms with Gasteiger partial charge in [-0.3, -0.25) is 0 Å². The summed E-state index contributed by atoms with van der Waals surface area (Å²) in [6.45, 7) is 3.27. The number of esters is 1. The van der Waals surface area contributed by atoms with Crippen molar-refractivity contribution in [1.82, 2.24) is 4.31 Å². The van der Waals surface area contributed by atoms with Crippen molar-refractivity contribution in [1.29, 1.82) is 0 Å². The standard InChI is InChI=1S/C13H16F9NO4S/c1-8(2)9(24)27-7-5-4-6-23(3)28(25,26)13(21,22)11(16,17)10(14,15)12(18,19)20/h1,4-7H2,2-3H3. The number of unbranched alkanes of at least 4 members (excludes halogenated alkanes) is 1. The lowest BCUT2D eigenvalue weighted by atomic mass is 10.1. The minimum atomic E-state index is -7.31. The molecule has 0 heterocycles. The number of nitrogens with zero attached hydrogens (tertiary/aromatic N) is 1. The molecule has 0 spiro atoms. The number of hydrogen-bond acceptors (Lipinski definition) is 4. The Hall–Kier alpha value is -1.51. The van der Waals surface area contributed by atoms with E-state index in [0.29, 0.717) is 7.05 Å². The average Bonchev–Trinajstić information content (AvgIpc) is 2.52. The molecule has 166 valence electrons. The molecular formula is C13H16F9NO4S. The number of rotatable bonds is 10. The number of alkyl halides is 9. The molecule has 0 aliphatic carbocycles. The van der Waals surface area contributed by atoms with Crippen LogP contribution in [0.25, 0.3) is 0 Å². The molecule has 0 aliphatic rings. The van der Waals surface area contributed by atoms with Gasteiger partial charge in [-0.15, -0.1) is 0 Å². The second kappa shape index (κ2) is 8.47. The van der Waals surface area contributed by atoms with E-state index in [9.17, 15) is 52.7 Å². The molecule has 0 rings (SSSR count). The molecule has 0 unspecified atom stereocenters. The first kappa shape index (κ1) is 26.5. The van der Waals surface area contributed by atoms with Gasteiger partial charge in [0, 0.05) is 19.2 Å². The highest BCUT2D eigenvalue weighted by Crippen LogP contribution is 2.55. The first-order valence-corrected chi connectivity index (χ1v) is 8.67. The van der Waals surface area contributed by atoms with Gasteiger partial charge in [0.25, 0.3) is 10.0 Å². The van der Waals surface area contributed by atoms with Gasteiger partial charge < -0.3 is 4.74 Å². The second-order valence-corrected chi connectivity index (χ2v) is 7.70. The number of carbonyl (C=O) groups is 1. The summed E-state index contributed by atoms with van der Waals surface area (Å²) in [5, 5.41) is -6.76. The molecule has 0 fully saturated rings. The maximum Gasteiger partial charge on any atom is 0.460 e. The summed E-state index contributed by atoms with van der Waals surface area (Å²) >= 11 is 0. The van der Waals surface area contributed by atoms with E-state index < -0.39 is 50.1 Å². The zero-order valence-electron chi connectivity index (χ0n) is 14.4. The second-order valence-electron chi connectivity index (χ2n) is 5.61. The zero-order valence-corrected chi connectivity index (χ0v) is 15.2. The van der Waals surface area contributed by atoms with Crippen LogP contribution in [-0.4, -0.2) is 62.2 Å². The Balaban J connectivity index is 5.25. The summed E-state index contributed by atoms with van der Waals surface area (Å²) in [5.41, 5.74) is 0.0205. The van der Waals surface area contributed by atoms with Crippen LogP contribution in [0.5, 0.6) is 0 Å². The molecule has 0 bridgehead atoms. The molecule has 0 amide bonds. The van der Waals surface area contributed by atoms with Crippen LogP contribution in [0.4, 0.5) is 39.5 Å². The minimum absolute atomic E-state index is 0.0205. The largest absolute Gasteiger partial charge is 0.462 e. The Morgan fingerprint density at radius 1 is 0.964 bits per heavy atom. The van der Waals surface area contributed by atoms with Crippen LogP contribution in [0.2, 0.25) is 0 Å². The van der Waals surface area contributed by atoms with Gasteiger partial charge in [0.1, 0.15) is 0 Å². The van der Waals surface area contributed by atoms with Crippen LogP contribution in [0.15, 0.2) is 12.2 Å². The fourth-order valence-corrected chi connectivity index (χ4v) is 2.78. The van der Waals surface area contributed by atoms with E-state index in [-0.39, 0.29) is 25.0 Å². The van der Waals surface area contributed by atoms with Crippen molar-refractivity contribution in [2.75, 3.05) is 20.2 Å². The Bertz CT molecular complexity index is 689. The van der Waals surface area contributed by atoms with Crippen molar-refractivity contribution in [3.8, 4) is 0 Å². The highest BCUT2D eigenvalue weighted by Gasteiger charge is 2.85. The molecule has 0 atom stereocenters. The lowest BCUT2D eigenvalue weighted by Gasteiger charge is -2.34. The zero-order chi connectivity index (χ0) is 22.8. The summed E-state index contributed by atoms with van der Waals surface area (Å²) in [7, 11) is -6.31. The Labute approximate surface area is 154 Å². The monoisotopic (exact) mass is 453 g/mol. The van der Waals surface area contributed by atoms with Gasteiger partial charge in [-0.05, 0) is 19.8 Å². The first-order chi connectivity index (χ1) is 12.2. The van der Waals surface area contributed by atoms with Crippen molar-refractivity contribution >= 4 is 16.0 Å². The topological polar surface area (TPSA) is 63.7 Å². The van der Waals surface area contributed by atoms with E-state index in [1.54, 1.807) is 0 Å². The molecule has 0 aromatic rings. The first-order valence-electron chi connectivity index (χ1n) is 7.23. The molecule has 5 nitrogen and oxygen atoms in total.